The van der Waals surface area contributed by atoms with Crippen LogP contribution in [0.3, 0.4) is 0 Å². The van der Waals surface area contributed by atoms with Crippen molar-refractivity contribution in [2.75, 3.05) is 26.9 Å². The Morgan fingerprint density at radius 3 is 2.93 bits per heavy atom. The van der Waals surface area contributed by atoms with Gasteiger partial charge < -0.3 is 29.4 Å². The zero-order chi connectivity index (χ0) is 20.5. The summed E-state index contributed by atoms with van der Waals surface area (Å²) in [5, 5.41) is 12.6. The number of aromatic hydroxyl groups is 1. The Labute approximate surface area is 164 Å². The van der Waals surface area contributed by atoms with Crippen LogP contribution in [0.5, 0.6) is 11.5 Å². The van der Waals surface area contributed by atoms with E-state index >= 15 is 0 Å². The molecule has 2 N–H and O–H groups in total. The number of aromatic nitrogens is 1. The Morgan fingerprint density at radius 1 is 1.43 bits per heavy atom. The van der Waals surface area contributed by atoms with Crippen molar-refractivity contribution in [1.82, 2.24) is 10.3 Å². The van der Waals surface area contributed by atoms with E-state index in [9.17, 15) is 14.7 Å². The molecule has 9 nitrogen and oxygen atoms in total. The minimum atomic E-state index is -1.03. The van der Waals surface area contributed by atoms with Crippen molar-refractivity contribution in [3.63, 3.8) is 0 Å². The number of pyridine rings is 1. The van der Waals surface area contributed by atoms with Gasteiger partial charge in [-0.1, -0.05) is 13.3 Å². The summed E-state index contributed by atoms with van der Waals surface area (Å²) in [6.07, 6.45) is 3.23. The highest BCUT2D eigenvalue weighted by atomic mass is 16.6. The van der Waals surface area contributed by atoms with Crippen molar-refractivity contribution in [1.29, 1.82) is 0 Å². The van der Waals surface area contributed by atoms with E-state index < -0.39 is 23.7 Å². The molecule has 1 aromatic rings. The number of rotatable bonds is 7. The molecule has 0 radical (unpaired) electrons. The van der Waals surface area contributed by atoms with Crippen molar-refractivity contribution in [2.24, 2.45) is 0 Å². The van der Waals surface area contributed by atoms with Gasteiger partial charge in [-0.25, -0.2) is 9.78 Å². The molecule has 0 aliphatic carbocycles. The third-order valence-corrected chi connectivity index (χ3v) is 4.26. The molecule has 2 unspecified atom stereocenters. The first kappa shape index (κ1) is 21.9. The normalized spacial score (nSPS) is 23.1. The van der Waals surface area contributed by atoms with Crippen LogP contribution in [0.25, 0.3) is 0 Å². The topological polar surface area (TPSA) is 116 Å². The van der Waals surface area contributed by atoms with E-state index in [4.69, 9.17) is 18.9 Å². The number of hydrogen-bond acceptors (Lipinski definition) is 8. The van der Waals surface area contributed by atoms with Gasteiger partial charge in [0, 0.05) is 25.3 Å². The maximum atomic E-state index is 12.5. The summed E-state index contributed by atoms with van der Waals surface area (Å²) in [4.78, 5) is 28.7. The lowest BCUT2D eigenvalue weighted by Gasteiger charge is -2.20. The van der Waals surface area contributed by atoms with Gasteiger partial charge in [-0.05, 0) is 13.3 Å². The lowest BCUT2D eigenvalue weighted by atomic mass is 10.2. The Kier molecular flexibility index (Phi) is 8.46. The molecule has 2 rings (SSSR count). The van der Waals surface area contributed by atoms with Crippen LogP contribution in [0.4, 0.5) is 0 Å². The first-order valence-corrected chi connectivity index (χ1v) is 9.38. The minimum Gasteiger partial charge on any atom is -0.503 e. The number of amides is 1. The molecule has 1 amide bonds. The Balaban J connectivity index is 2.03. The number of cyclic esters (lactones) is 1. The SMILES string of the molecule is CCCCOC1COC[C@H](NC(=O)c2nccc(OC)c2O)C(=O)OC(C)C1. The van der Waals surface area contributed by atoms with Gasteiger partial charge in [0.15, 0.2) is 23.2 Å². The van der Waals surface area contributed by atoms with Gasteiger partial charge in [-0.2, -0.15) is 0 Å². The standard InChI is InChI=1S/C19H28N2O7/c1-4-5-8-27-13-9-12(2)28-19(24)14(11-26-10-13)21-18(23)16-17(22)15(25-3)6-7-20-16/h6-7,12-14,22H,4-5,8-11H2,1-3H3,(H,21,23)/t12?,13?,14-/m0/s1. The summed E-state index contributed by atoms with van der Waals surface area (Å²) < 4.78 is 21.8. The maximum Gasteiger partial charge on any atom is 0.331 e. The summed E-state index contributed by atoms with van der Waals surface area (Å²) in [6, 6.07) is 0.390. The van der Waals surface area contributed by atoms with Crippen molar-refractivity contribution in [2.45, 2.75) is 51.4 Å². The second-order valence-corrected chi connectivity index (χ2v) is 6.60. The van der Waals surface area contributed by atoms with Crippen LogP contribution in [-0.4, -0.2) is 67.1 Å². The number of ether oxygens (including phenoxy) is 4. The largest absolute Gasteiger partial charge is 0.503 e. The molecule has 0 bridgehead atoms. The highest BCUT2D eigenvalue weighted by Gasteiger charge is 2.30. The number of nitrogens with one attached hydrogen (secondary N) is 1. The molecule has 1 aliphatic rings. The van der Waals surface area contributed by atoms with Gasteiger partial charge in [0.1, 0.15) is 6.10 Å². The van der Waals surface area contributed by atoms with Gasteiger partial charge in [0.2, 0.25) is 0 Å². The molecule has 9 heteroatoms. The molecular weight excluding hydrogens is 368 g/mol. The number of hydrogen-bond donors (Lipinski definition) is 2. The van der Waals surface area contributed by atoms with Gasteiger partial charge in [-0.15, -0.1) is 0 Å². The molecule has 0 aromatic carbocycles. The van der Waals surface area contributed by atoms with E-state index in [0.717, 1.165) is 12.8 Å². The van der Waals surface area contributed by atoms with Crippen LogP contribution < -0.4 is 10.1 Å². The van der Waals surface area contributed by atoms with Crippen molar-refractivity contribution in [3.05, 3.63) is 18.0 Å². The van der Waals surface area contributed by atoms with Crippen LogP contribution in [0.15, 0.2) is 12.3 Å². The van der Waals surface area contributed by atoms with E-state index in [1.165, 1.54) is 19.4 Å². The van der Waals surface area contributed by atoms with Gasteiger partial charge in [0.05, 0.1) is 26.4 Å². The van der Waals surface area contributed by atoms with E-state index in [0.29, 0.717) is 19.6 Å². The third-order valence-electron chi connectivity index (χ3n) is 4.26. The quantitative estimate of drug-likeness (QED) is 0.525. The minimum absolute atomic E-state index is 0.0737. The molecule has 1 aromatic heterocycles. The van der Waals surface area contributed by atoms with Crippen LogP contribution >= 0.6 is 0 Å². The molecule has 0 saturated carbocycles. The number of nitrogens with zero attached hydrogens (tertiary/aromatic N) is 1. The van der Waals surface area contributed by atoms with E-state index in [2.05, 4.69) is 17.2 Å². The van der Waals surface area contributed by atoms with Crippen LogP contribution in [-0.2, 0) is 19.0 Å². The van der Waals surface area contributed by atoms with Crippen molar-refractivity contribution >= 4 is 11.9 Å². The Hall–Kier alpha value is -2.39. The summed E-state index contributed by atoms with van der Waals surface area (Å²) in [6.45, 7) is 4.69. The zero-order valence-corrected chi connectivity index (χ0v) is 16.5. The number of esters is 1. The summed E-state index contributed by atoms with van der Waals surface area (Å²) >= 11 is 0. The number of methoxy groups -OCH3 is 1. The highest BCUT2D eigenvalue weighted by Crippen LogP contribution is 2.27. The van der Waals surface area contributed by atoms with Crippen LogP contribution in [0.2, 0.25) is 0 Å². The monoisotopic (exact) mass is 396 g/mol. The molecule has 0 spiro atoms. The van der Waals surface area contributed by atoms with Crippen LogP contribution in [0.1, 0.15) is 43.6 Å². The smallest absolute Gasteiger partial charge is 0.331 e. The van der Waals surface area contributed by atoms with Gasteiger partial charge >= 0.3 is 5.97 Å². The van der Waals surface area contributed by atoms with Crippen LogP contribution in [0, 0.1) is 0 Å². The summed E-state index contributed by atoms with van der Waals surface area (Å²) in [5.74, 6) is -1.64. The second kappa shape index (κ2) is 10.8. The molecule has 1 saturated heterocycles. The fourth-order valence-corrected chi connectivity index (χ4v) is 2.76. The second-order valence-electron chi connectivity index (χ2n) is 6.60. The van der Waals surface area contributed by atoms with Crippen molar-refractivity contribution < 1.29 is 33.6 Å². The first-order valence-electron chi connectivity index (χ1n) is 9.38. The fourth-order valence-electron chi connectivity index (χ4n) is 2.76. The average molecular weight is 396 g/mol. The molecule has 3 atom stereocenters. The average Bonchev–Trinajstić information content (AvgIpc) is 2.72. The lowest BCUT2D eigenvalue weighted by Crippen LogP contribution is -2.45. The third kappa shape index (κ3) is 6.07. The summed E-state index contributed by atoms with van der Waals surface area (Å²) in [5.41, 5.74) is -0.249. The maximum absolute atomic E-state index is 12.5. The number of unbranched alkanes of at least 4 members (excludes halogenated alkanes) is 1. The zero-order valence-electron chi connectivity index (χ0n) is 16.5. The number of carbonyl (C=O) groups is 2. The molecule has 156 valence electrons. The fraction of sp³-hybridized carbons (Fsp3) is 0.632. The predicted octanol–water partition coefficient (Wildman–Crippen LogP) is 1.43. The Morgan fingerprint density at radius 2 is 2.21 bits per heavy atom. The van der Waals surface area contributed by atoms with E-state index in [1.54, 1.807) is 6.92 Å². The van der Waals surface area contributed by atoms with Gasteiger partial charge in [-0.3, -0.25) is 4.79 Å². The molecule has 1 aliphatic heterocycles. The number of carbonyl (C=O) groups excluding carboxylic acids is 2. The molecule has 1 fully saturated rings. The van der Waals surface area contributed by atoms with E-state index in [-0.39, 0.29) is 30.3 Å². The summed E-state index contributed by atoms with van der Waals surface area (Å²) in [7, 11) is 1.36. The highest BCUT2D eigenvalue weighted by molar-refractivity contribution is 5.98. The van der Waals surface area contributed by atoms with Crippen molar-refractivity contribution in [3.8, 4) is 11.5 Å². The Bertz CT molecular complexity index is 668. The molecule has 2 heterocycles. The molecule has 28 heavy (non-hydrogen) atoms. The lowest BCUT2D eigenvalue weighted by molar-refractivity contribution is -0.151. The van der Waals surface area contributed by atoms with Gasteiger partial charge in [0.25, 0.3) is 5.91 Å². The molecular formula is C19H28N2O7. The predicted molar refractivity (Wildman–Crippen MR) is 99.3 cm³/mol. The van der Waals surface area contributed by atoms with E-state index in [1.807, 2.05) is 0 Å². The first-order chi connectivity index (χ1) is 13.5.